The number of hydroxylamine groups is 1. The molecule has 0 aromatic rings. The molecule has 1 rings (SSSR count). The van der Waals surface area contributed by atoms with Crippen LogP contribution in [-0.4, -0.2) is 61.2 Å². The molecule has 136 valence electrons. The highest BCUT2D eigenvalue weighted by Crippen LogP contribution is 2.18. The molecule has 2 unspecified atom stereocenters. The minimum atomic E-state index is -4.39. The van der Waals surface area contributed by atoms with E-state index in [-0.39, 0.29) is 12.1 Å². The highest BCUT2D eigenvalue weighted by atomic mass is 19.4. The quantitative estimate of drug-likeness (QED) is 0.778. The molecule has 1 amide bonds. The van der Waals surface area contributed by atoms with Gasteiger partial charge in [-0.3, -0.25) is 4.84 Å². The van der Waals surface area contributed by atoms with Crippen molar-refractivity contribution >= 4 is 6.09 Å². The van der Waals surface area contributed by atoms with Gasteiger partial charge in [-0.05, 0) is 34.1 Å². The Morgan fingerprint density at radius 1 is 1.39 bits per heavy atom. The molecule has 1 N–H and O–H groups in total. The molecule has 0 aromatic carbocycles. The smallest absolute Gasteiger partial charge is 0.413 e. The zero-order valence-electron chi connectivity index (χ0n) is 13.9. The number of carbonyl (C=O) groups is 1. The molecule has 0 aromatic heterocycles. The molecule has 0 saturated carbocycles. The van der Waals surface area contributed by atoms with Gasteiger partial charge in [0.15, 0.2) is 6.61 Å². The average molecular weight is 342 g/mol. The van der Waals surface area contributed by atoms with E-state index in [4.69, 9.17) is 9.47 Å². The second kappa shape index (κ2) is 8.16. The first-order valence-electron chi connectivity index (χ1n) is 7.49. The van der Waals surface area contributed by atoms with E-state index in [1.165, 1.54) is 0 Å². The summed E-state index contributed by atoms with van der Waals surface area (Å²) in [5, 5.41) is 0. The van der Waals surface area contributed by atoms with Gasteiger partial charge in [0.2, 0.25) is 0 Å². The van der Waals surface area contributed by atoms with Crippen LogP contribution in [0.2, 0.25) is 0 Å². The number of morpholine rings is 1. The van der Waals surface area contributed by atoms with Crippen molar-refractivity contribution in [2.75, 3.05) is 26.4 Å². The van der Waals surface area contributed by atoms with Gasteiger partial charge in [0.05, 0.1) is 19.3 Å². The number of nitrogens with one attached hydrogen (secondary N) is 1. The van der Waals surface area contributed by atoms with Gasteiger partial charge in [-0.25, -0.2) is 4.79 Å². The minimum absolute atomic E-state index is 0.282. The molecular weight excluding hydrogens is 317 g/mol. The van der Waals surface area contributed by atoms with Crippen molar-refractivity contribution in [2.24, 2.45) is 0 Å². The van der Waals surface area contributed by atoms with Gasteiger partial charge in [-0.2, -0.15) is 18.7 Å². The number of hydrogen-bond donors (Lipinski definition) is 1. The summed E-state index contributed by atoms with van der Waals surface area (Å²) in [5.41, 5.74) is 1.73. The van der Waals surface area contributed by atoms with Gasteiger partial charge >= 0.3 is 12.3 Å². The maximum Gasteiger partial charge on any atom is 0.413 e. The van der Waals surface area contributed by atoms with E-state index in [1.54, 1.807) is 32.6 Å². The third kappa shape index (κ3) is 8.38. The first kappa shape index (κ1) is 20.0. The summed E-state index contributed by atoms with van der Waals surface area (Å²) >= 11 is 0. The monoisotopic (exact) mass is 342 g/mol. The van der Waals surface area contributed by atoms with Crippen LogP contribution in [0, 0.1) is 0 Å². The fourth-order valence-electron chi connectivity index (χ4n) is 2.13. The number of carbonyl (C=O) groups excluding carboxylic acids is 1. The summed E-state index contributed by atoms with van der Waals surface area (Å²) in [7, 11) is 0. The van der Waals surface area contributed by atoms with Crippen LogP contribution in [0.3, 0.4) is 0 Å². The van der Waals surface area contributed by atoms with E-state index in [0.717, 1.165) is 0 Å². The van der Waals surface area contributed by atoms with E-state index in [2.05, 4.69) is 10.3 Å². The van der Waals surface area contributed by atoms with Crippen LogP contribution in [0.1, 0.15) is 34.1 Å². The lowest BCUT2D eigenvalue weighted by Gasteiger charge is -2.37. The summed E-state index contributed by atoms with van der Waals surface area (Å²) < 4.78 is 46.8. The van der Waals surface area contributed by atoms with E-state index in [1.807, 2.05) is 0 Å². The van der Waals surface area contributed by atoms with Crippen LogP contribution in [0.4, 0.5) is 18.0 Å². The maximum absolute atomic E-state index is 12.2. The van der Waals surface area contributed by atoms with Gasteiger partial charge in [0.25, 0.3) is 0 Å². The highest BCUT2D eigenvalue weighted by Gasteiger charge is 2.32. The Bertz CT molecular complexity index is 385. The lowest BCUT2D eigenvalue weighted by Crippen LogP contribution is -2.52. The summed E-state index contributed by atoms with van der Waals surface area (Å²) in [5.74, 6) is 0. The molecule has 6 nitrogen and oxygen atoms in total. The Kier molecular flexibility index (Phi) is 7.09. The van der Waals surface area contributed by atoms with Gasteiger partial charge < -0.3 is 14.4 Å². The first-order valence-corrected chi connectivity index (χ1v) is 7.49. The number of hydrogen-bond acceptors (Lipinski definition) is 5. The summed E-state index contributed by atoms with van der Waals surface area (Å²) in [6.07, 6.45) is -4.45. The van der Waals surface area contributed by atoms with Crippen molar-refractivity contribution in [2.45, 2.75) is 58.0 Å². The van der Waals surface area contributed by atoms with Crippen LogP contribution in [0.25, 0.3) is 0 Å². The number of alkyl halides is 3. The van der Waals surface area contributed by atoms with E-state index >= 15 is 0 Å². The summed E-state index contributed by atoms with van der Waals surface area (Å²) in [4.78, 5) is 18.2. The number of halogens is 3. The average Bonchev–Trinajstić information content (AvgIpc) is 2.35. The largest absolute Gasteiger partial charge is 0.444 e. The second-order valence-electron chi connectivity index (χ2n) is 6.56. The fourth-order valence-corrected chi connectivity index (χ4v) is 2.13. The molecular formula is C14H25F3N2O4. The number of nitrogens with zero attached hydrogens (tertiary/aromatic N) is 1. The molecule has 1 aliphatic heterocycles. The third-order valence-corrected chi connectivity index (χ3v) is 3.00. The number of rotatable bonds is 5. The molecule has 0 bridgehead atoms. The SMILES string of the molecule is CC(CC1COCCN1C(=O)OC(C)(C)C)NOCC(F)(F)F. The predicted octanol–water partition coefficient (Wildman–Crippen LogP) is 2.48. The molecule has 1 fully saturated rings. The Balaban J connectivity index is 2.49. The van der Waals surface area contributed by atoms with Crippen molar-refractivity contribution in [3.05, 3.63) is 0 Å². The van der Waals surface area contributed by atoms with Crippen LogP contribution in [0.15, 0.2) is 0 Å². The normalized spacial score (nSPS) is 21.2. The summed E-state index contributed by atoms with van der Waals surface area (Å²) in [6, 6.07) is -0.662. The molecule has 0 aliphatic carbocycles. The minimum Gasteiger partial charge on any atom is -0.444 e. The molecule has 0 spiro atoms. The molecule has 9 heteroatoms. The summed E-state index contributed by atoms with van der Waals surface area (Å²) in [6.45, 7) is 6.73. The standard InChI is InChI=1S/C14H25F3N2O4/c1-10(18-22-9-14(15,16)17)7-11-8-21-6-5-19(11)12(20)23-13(2,3)4/h10-11,18H,5-9H2,1-4H3. The van der Waals surface area contributed by atoms with Crippen molar-refractivity contribution in [3.8, 4) is 0 Å². The maximum atomic E-state index is 12.2. The van der Waals surface area contributed by atoms with Crippen molar-refractivity contribution in [1.29, 1.82) is 0 Å². The predicted molar refractivity (Wildman–Crippen MR) is 76.8 cm³/mol. The molecule has 1 heterocycles. The van der Waals surface area contributed by atoms with E-state index < -0.39 is 24.5 Å². The Morgan fingerprint density at radius 2 is 2.04 bits per heavy atom. The Labute approximate surface area is 134 Å². The van der Waals surface area contributed by atoms with Crippen molar-refractivity contribution in [3.63, 3.8) is 0 Å². The zero-order valence-corrected chi connectivity index (χ0v) is 13.9. The molecule has 1 aliphatic rings. The van der Waals surface area contributed by atoms with Gasteiger partial charge in [0.1, 0.15) is 5.60 Å². The van der Waals surface area contributed by atoms with Crippen LogP contribution >= 0.6 is 0 Å². The van der Waals surface area contributed by atoms with Gasteiger partial charge in [-0.15, -0.1) is 0 Å². The Hall–Kier alpha value is -1.06. The van der Waals surface area contributed by atoms with Crippen LogP contribution < -0.4 is 5.48 Å². The van der Waals surface area contributed by atoms with E-state index in [0.29, 0.717) is 26.2 Å². The fraction of sp³-hybridized carbons (Fsp3) is 0.929. The topological polar surface area (TPSA) is 60.0 Å². The first-order chi connectivity index (χ1) is 10.5. The number of ether oxygens (including phenoxy) is 2. The molecule has 1 saturated heterocycles. The Morgan fingerprint density at radius 3 is 2.61 bits per heavy atom. The van der Waals surface area contributed by atoms with Gasteiger partial charge in [-0.1, -0.05) is 0 Å². The van der Waals surface area contributed by atoms with Crippen LogP contribution in [-0.2, 0) is 14.3 Å². The van der Waals surface area contributed by atoms with Crippen molar-refractivity contribution < 1.29 is 32.3 Å². The highest BCUT2D eigenvalue weighted by molar-refractivity contribution is 5.68. The second-order valence-corrected chi connectivity index (χ2v) is 6.56. The lowest BCUT2D eigenvalue weighted by molar-refractivity contribution is -0.193. The number of amides is 1. The molecule has 0 radical (unpaired) electrons. The third-order valence-electron chi connectivity index (χ3n) is 3.00. The molecule has 2 atom stereocenters. The lowest BCUT2D eigenvalue weighted by atomic mass is 10.1. The van der Waals surface area contributed by atoms with Crippen molar-refractivity contribution in [1.82, 2.24) is 10.4 Å². The molecule has 23 heavy (non-hydrogen) atoms. The van der Waals surface area contributed by atoms with Gasteiger partial charge in [0, 0.05) is 12.6 Å². The van der Waals surface area contributed by atoms with Crippen LogP contribution in [0.5, 0.6) is 0 Å². The zero-order chi connectivity index (χ0) is 17.7. The van der Waals surface area contributed by atoms with E-state index in [9.17, 15) is 18.0 Å².